The van der Waals surface area contributed by atoms with Crippen LogP contribution in [0.3, 0.4) is 0 Å². The van der Waals surface area contributed by atoms with Crippen LogP contribution in [-0.2, 0) is 0 Å². The number of hydrogen-bond donors (Lipinski definition) is 3. The van der Waals surface area contributed by atoms with Crippen molar-refractivity contribution in [2.24, 2.45) is 0 Å². The van der Waals surface area contributed by atoms with Gasteiger partial charge in [-0.1, -0.05) is 18.3 Å². The van der Waals surface area contributed by atoms with Crippen molar-refractivity contribution in [2.45, 2.75) is 32.2 Å². The van der Waals surface area contributed by atoms with Gasteiger partial charge in [-0.2, -0.15) is 0 Å². The number of hydrogen-bond acceptors (Lipinski definition) is 6. The standard InChI is InChI=1S/C12H20N4O2S/c1-2-5-14-12-15-10(13)9(19-12)11(18)16-6-3-4-8(16)7-17/h8,17H,2-7,13H2,1H3,(H,14,15). The highest BCUT2D eigenvalue weighted by Gasteiger charge is 2.31. The van der Waals surface area contributed by atoms with Gasteiger partial charge < -0.3 is 21.1 Å². The van der Waals surface area contributed by atoms with Crippen molar-refractivity contribution in [2.75, 3.05) is 30.7 Å². The molecule has 1 aromatic heterocycles. The quantitative estimate of drug-likeness (QED) is 0.754. The van der Waals surface area contributed by atoms with Crippen LogP contribution in [0, 0.1) is 0 Å². The fourth-order valence-corrected chi connectivity index (χ4v) is 3.08. The van der Waals surface area contributed by atoms with Crippen LogP contribution in [0.1, 0.15) is 35.9 Å². The number of carbonyl (C=O) groups excluding carboxylic acids is 1. The summed E-state index contributed by atoms with van der Waals surface area (Å²) in [4.78, 5) is 18.7. The van der Waals surface area contributed by atoms with Gasteiger partial charge in [0.1, 0.15) is 10.7 Å². The lowest BCUT2D eigenvalue weighted by Crippen LogP contribution is -2.37. The SMILES string of the molecule is CCCNc1nc(N)c(C(=O)N2CCCC2CO)s1. The van der Waals surface area contributed by atoms with Crippen molar-refractivity contribution in [3.63, 3.8) is 0 Å². The summed E-state index contributed by atoms with van der Waals surface area (Å²) in [6.45, 7) is 3.56. The number of thiazole rings is 1. The van der Waals surface area contributed by atoms with Crippen molar-refractivity contribution in [1.82, 2.24) is 9.88 Å². The zero-order valence-electron chi connectivity index (χ0n) is 11.1. The fourth-order valence-electron chi connectivity index (χ4n) is 2.22. The summed E-state index contributed by atoms with van der Waals surface area (Å²) in [5.74, 6) is 0.160. The minimum Gasteiger partial charge on any atom is -0.394 e. The van der Waals surface area contributed by atoms with Gasteiger partial charge in [-0.25, -0.2) is 4.98 Å². The molecule has 1 saturated heterocycles. The molecular formula is C12H20N4O2S. The summed E-state index contributed by atoms with van der Waals surface area (Å²) in [7, 11) is 0. The maximum atomic E-state index is 12.4. The number of nitrogen functional groups attached to an aromatic ring is 1. The first kappa shape index (κ1) is 14.1. The van der Waals surface area contributed by atoms with E-state index in [1.54, 1.807) is 4.90 Å². The first-order valence-electron chi connectivity index (χ1n) is 6.59. The zero-order chi connectivity index (χ0) is 13.8. The van der Waals surface area contributed by atoms with E-state index in [2.05, 4.69) is 17.2 Å². The molecule has 4 N–H and O–H groups in total. The Morgan fingerprint density at radius 1 is 1.68 bits per heavy atom. The number of rotatable bonds is 5. The first-order chi connectivity index (χ1) is 9.17. The van der Waals surface area contributed by atoms with E-state index < -0.39 is 0 Å². The van der Waals surface area contributed by atoms with E-state index in [1.165, 1.54) is 11.3 Å². The lowest BCUT2D eigenvalue weighted by Gasteiger charge is -2.22. The number of likely N-dealkylation sites (tertiary alicyclic amines) is 1. The monoisotopic (exact) mass is 284 g/mol. The van der Waals surface area contributed by atoms with Crippen LogP contribution >= 0.6 is 11.3 Å². The number of aromatic nitrogens is 1. The molecule has 0 aliphatic carbocycles. The van der Waals surface area contributed by atoms with E-state index in [4.69, 9.17) is 5.73 Å². The molecule has 0 saturated carbocycles. The number of aliphatic hydroxyl groups is 1. The van der Waals surface area contributed by atoms with Gasteiger partial charge in [-0.3, -0.25) is 4.79 Å². The zero-order valence-corrected chi connectivity index (χ0v) is 11.9. The highest BCUT2D eigenvalue weighted by atomic mass is 32.1. The minimum absolute atomic E-state index is 0.00535. The highest BCUT2D eigenvalue weighted by molar-refractivity contribution is 7.18. The Kier molecular flexibility index (Phi) is 4.60. The number of carbonyl (C=O) groups is 1. The first-order valence-corrected chi connectivity index (χ1v) is 7.41. The third-order valence-electron chi connectivity index (χ3n) is 3.22. The molecule has 1 amide bonds. The fraction of sp³-hybridized carbons (Fsp3) is 0.667. The lowest BCUT2D eigenvalue weighted by atomic mass is 10.2. The van der Waals surface area contributed by atoms with E-state index in [0.717, 1.165) is 25.8 Å². The Morgan fingerprint density at radius 2 is 2.47 bits per heavy atom. The van der Waals surface area contributed by atoms with Gasteiger partial charge in [0.25, 0.3) is 5.91 Å². The Balaban J connectivity index is 2.12. The van der Waals surface area contributed by atoms with Gasteiger partial charge in [0, 0.05) is 13.1 Å². The number of nitrogens with two attached hydrogens (primary N) is 1. The van der Waals surface area contributed by atoms with Crippen LogP contribution in [-0.4, -0.2) is 46.6 Å². The molecule has 1 atom stereocenters. The second-order valence-electron chi connectivity index (χ2n) is 4.64. The van der Waals surface area contributed by atoms with Crippen LogP contribution in [0.5, 0.6) is 0 Å². The van der Waals surface area contributed by atoms with Crippen molar-refractivity contribution in [1.29, 1.82) is 0 Å². The molecule has 0 bridgehead atoms. The lowest BCUT2D eigenvalue weighted by molar-refractivity contribution is 0.0683. The van der Waals surface area contributed by atoms with Crippen LogP contribution in [0.4, 0.5) is 10.9 Å². The molecule has 2 rings (SSSR count). The van der Waals surface area contributed by atoms with E-state index in [9.17, 15) is 9.90 Å². The van der Waals surface area contributed by atoms with E-state index in [0.29, 0.717) is 16.6 Å². The van der Waals surface area contributed by atoms with Gasteiger partial charge >= 0.3 is 0 Å². The van der Waals surface area contributed by atoms with Gasteiger partial charge in [0.2, 0.25) is 0 Å². The number of nitrogens with one attached hydrogen (secondary N) is 1. The van der Waals surface area contributed by atoms with Gasteiger partial charge in [0.05, 0.1) is 12.6 Å². The van der Waals surface area contributed by atoms with Crippen LogP contribution < -0.4 is 11.1 Å². The second kappa shape index (κ2) is 6.21. The van der Waals surface area contributed by atoms with E-state index in [1.807, 2.05) is 0 Å². The molecule has 19 heavy (non-hydrogen) atoms. The molecule has 106 valence electrons. The third-order valence-corrected chi connectivity index (χ3v) is 4.24. The number of amides is 1. The smallest absolute Gasteiger partial charge is 0.268 e. The Bertz CT molecular complexity index is 449. The molecule has 1 aliphatic rings. The number of anilines is 2. The summed E-state index contributed by atoms with van der Waals surface area (Å²) < 4.78 is 0. The second-order valence-corrected chi connectivity index (χ2v) is 5.64. The molecule has 0 radical (unpaired) electrons. The van der Waals surface area contributed by atoms with E-state index in [-0.39, 0.29) is 24.4 Å². The van der Waals surface area contributed by atoms with Gasteiger partial charge in [0.15, 0.2) is 5.13 Å². The Labute approximate surface area is 116 Å². The molecule has 7 heteroatoms. The molecule has 0 aromatic carbocycles. The molecule has 0 spiro atoms. The van der Waals surface area contributed by atoms with Crippen LogP contribution in [0.2, 0.25) is 0 Å². The highest BCUT2D eigenvalue weighted by Crippen LogP contribution is 2.29. The molecule has 2 heterocycles. The van der Waals surface area contributed by atoms with Gasteiger partial charge in [-0.15, -0.1) is 0 Å². The number of aliphatic hydroxyl groups excluding tert-OH is 1. The summed E-state index contributed by atoms with van der Waals surface area (Å²) in [5.41, 5.74) is 5.82. The topological polar surface area (TPSA) is 91.5 Å². The Hall–Kier alpha value is -1.34. The molecule has 6 nitrogen and oxygen atoms in total. The predicted molar refractivity (Wildman–Crippen MR) is 76.5 cm³/mol. The van der Waals surface area contributed by atoms with Crippen molar-refractivity contribution in [3.05, 3.63) is 4.88 Å². The van der Waals surface area contributed by atoms with Crippen molar-refractivity contribution >= 4 is 28.2 Å². The van der Waals surface area contributed by atoms with E-state index >= 15 is 0 Å². The average Bonchev–Trinajstić information content (AvgIpc) is 3.01. The number of nitrogens with zero attached hydrogens (tertiary/aromatic N) is 2. The van der Waals surface area contributed by atoms with Crippen LogP contribution in [0.15, 0.2) is 0 Å². The van der Waals surface area contributed by atoms with Gasteiger partial charge in [-0.05, 0) is 19.3 Å². The van der Waals surface area contributed by atoms with Crippen molar-refractivity contribution < 1.29 is 9.90 Å². The molecule has 1 fully saturated rings. The minimum atomic E-state index is -0.115. The third kappa shape index (κ3) is 2.98. The predicted octanol–water partition coefficient (Wildman–Crippen LogP) is 1.14. The molecular weight excluding hydrogens is 264 g/mol. The molecule has 1 aromatic rings. The van der Waals surface area contributed by atoms with Crippen molar-refractivity contribution in [3.8, 4) is 0 Å². The largest absolute Gasteiger partial charge is 0.394 e. The molecule has 1 aliphatic heterocycles. The summed E-state index contributed by atoms with van der Waals surface area (Å²) in [6.07, 6.45) is 2.76. The molecule has 1 unspecified atom stereocenters. The summed E-state index contributed by atoms with van der Waals surface area (Å²) >= 11 is 1.29. The maximum Gasteiger partial charge on any atom is 0.268 e. The van der Waals surface area contributed by atoms with Crippen LogP contribution in [0.25, 0.3) is 0 Å². The Morgan fingerprint density at radius 3 is 3.16 bits per heavy atom. The normalized spacial score (nSPS) is 18.8. The summed E-state index contributed by atoms with van der Waals surface area (Å²) in [6, 6.07) is -0.0824. The average molecular weight is 284 g/mol. The summed E-state index contributed by atoms with van der Waals surface area (Å²) in [5, 5.41) is 13.1. The maximum absolute atomic E-state index is 12.4.